The Labute approximate surface area is 83.9 Å². The maximum atomic E-state index is 10.5. The molecule has 0 aliphatic carbocycles. The van der Waals surface area contributed by atoms with Gasteiger partial charge >= 0.3 is 5.97 Å². The summed E-state index contributed by atoms with van der Waals surface area (Å²) in [6.45, 7) is 7.05. The first-order valence-electron chi connectivity index (χ1n) is 4.46. The standard InChI is InChI=1S/C9H18N2O3/c1-7(2)6-14-4-3-11-8(5-10)9(12)13/h8,11H,1,3-6,10H2,2H3,(H,12,13). The Morgan fingerprint density at radius 1 is 1.71 bits per heavy atom. The van der Waals surface area contributed by atoms with Gasteiger partial charge in [0.2, 0.25) is 0 Å². The molecular formula is C9H18N2O3. The van der Waals surface area contributed by atoms with Gasteiger partial charge in [0.15, 0.2) is 0 Å². The fourth-order valence-corrected chi connectivity index (χ4v) is 0.823. The third kappa shape index (κ3) is 6.59. The normalized spacial score (nSPS) is 12.4. The van der Waals surface area contributed by atoms with Crippen molar-refractivity contribution in [3.8, 4) is 0 Å². The van der Waals surface area contributed by atoms with Crippen LogP contribution in [0.15, 0.2) is 12.2 Å². The molecule has 82 valence electrons. The predicted octanol–water partition coefficient (Wildman–Crippen LogP) is -0.419. The first-order valence-corrected chi connectivity index (χ1v) is 4.46. The lowest BCUT2D eigenvalue weighted by Crippen LogP contribution is -2.43. The minimum absolute atomic E-state index is 0.0792. The molecular weight excluding hydrogens is 184 g/mol. The van der Waals surface area contributed by atoms with Crippen molar-refractivity contribution in [2.45, 2.75) is 13.0 Å². The van der Waals surface area contributed by atoms with Gasteiger partial charge in [-0.1, -0.05) is 12.2 Å². The third-order valence-electron chi connectivity index (χ3n) is 1.52. The Morgan fingerprint density at radius 3 is 2.79 bits per heavy atom. The maximum absolute atomic E-state index is 10.5. The molecule has 0 spiro atoms. The van der Waals surface area contributed by atoms with Crippen LogP contribution in [-0.2, 0) is 9.53 Å². The van der Waals surface area contributed by atoms with E-state index in [4.69, 9.17) is 15.6 Å². The number of carboxylic acids is 1. The lowest BCUT2D eigenvalue weighted by atomic mass is 10.3. The number of hydrogen-bond donors (Lipinski definition) is 3. The van der Waals surface area contributed by atoms with Crippen LogP contribution < -0.4 is 11.1 Å². The number of aliphatic carboxylic acids is 1. The fourth-order valence-electron chi connectivity index (χ4n) is 0.823. The average Bonchev–Trinajstić information content (AvgIpc) is 2.10. The first kappa shape index (κ1) is 13.1. The number of hydrogen-bond acceptors (Lipinski definition) is 4. The van der Waals surface area contributed by atoms with E-state index in [0.29, 0.717) is 19.8 Å². The predicted molar refractivity (Wildman–Crippen MR) is 54.1 cm³/mol. The third-order valence-corrected chi connectivity index (χ3v) is 1.52. The minimum Gasteiger partial charge on any atom is -0.480 e. The number of carbonyl (C=O) groups is 1. The number of nitrogens with two attached hydrogens (primary N) is 1. The highest BCUT2D eigenvalue weighted by molar-refractivity contribution is 5.73. The van der Waals surface area contributed by atoms with E-state index in [-0.39, 0.29) is 6.54 Å². The molecule has 0 aliphatic rings. The molecule has 0 aliphatic heterocycles. The molecule has 0 saturated carbocycles. The SMILES string of the molecule is C=C(C)COCCNC(CN)C(=O)O. The summed E-state index contributed by atoms with van der Waals surface area (Å²) < 4.78 is 5.17. The Bertz CT molecular complexity index is 194. The molecule has 0 aromatic carbocycles. The van der Waals surface area contributed by atoms with Gasteiger partial charge < -0.3 is 20.9 Å². The van der Waals surface area contributed by atoms with E-state index in [1.807, 2.05) is 6.92 Å². The molecule has 0 amide bonds. The molecule has 0 aromatic rings. The van der Waals surface area contributed by atoms with Crippen LogP contribution in [0.1, 0.15) is 6.92 Å². The molecule has 1 atom stereocenters. The van der Waals surface area contributed by atoms with Crippen LogP contribution in [0.3, 0.4) is 0 Å². The van der Waals surface area contributed by atoms with Gasteiger partial charge in [-0.05, 0) is 6.92 Å². The van der Waals surface area contributed by atoms with E-state index >= 15 is 0 Å². The van der Waals surface area contributed by atoms with Crippen molar-refractivity contribution in [2.24, 2.45) is 5.73 Å². The van der Waals surface area contributed by atoms with Gasteiger partial charge in [-0.25, -0.2) is 0 Å². The number of rotatable bonds is 8. The summed E-state index contributed by atoms with van der Waals surface area (Å²) in [5.74, 6) is -0.938. The first-order chi connectivity index (χ1) is 6.57. The van der Waals surface area contributed by atoms with Crippen LogP contribution in [0.4, 0.5) is 0 Å². The second-order valence-electron chi connectivity index (χ2n) is 3.09. The monoisotopic (exact) mass is 202 g/mol. The lowest BCUT2D eigenvalue weighted by Gasteiger charge is -2.11. The van der Waals surface area contributed by atoms with Crippen molar-refractivity contribution >= 4 is 5.97 Å². The molecule has 5 heteroatoms. The van der Waals surface area contributed by atoms with Crippen LogP contribution in [0.5, 0.6) is 0 Å². The molecule has 0 fully saturated rings. The van der Waals surface area contributed by atoms with Crippen LogP contribution in [0.25, 0.3) is 0 Å². The lowest BCUT2D eigenvalue weighted by molar-refractivity contribution is -0.139. The molecule has 0 heterocycles. The molecule has 0 aromatic heterocycles. The number of carboxylic acid groups (broad SMARTS) is 1. The van der Waals surface area contributed by atoms with Crippen LogP contribution >= 0.6 is 0 Å². The van der Waals surface area contributed by atoms with Crippen molar-refractivity contribution in [1.29, 1.82) is 0 Å². The molecule has 4 N–H and O–H groups in total. The second kappa shape index (κ2) is 7.49. The highest BCUT2D eigenvalue weighted by Crippen LogP contribution is 1.87. The molecule has 0 saturated heterocycles. The summed E-state index contributed by atoms with van der Waals surface area (Å²) in [7, 11) is 0. The van der Waals surface area contributed by atoms with E-state index in [1.54, 1.807) is 0 Å². The number of nitrogens with one attached hydrogen (secondary N) is 1. The van der Waals surface area contributed by atoms with Crippen molar-refractivity contribution in [1.82, 2.24) is 5.32 Å². The Hall–Kier alpha value is -0.910. The van der Waals surface area contributed by atoms with Gasteiger partial charge in [0.05, 0.1) is 13.2 Å². The maximum Gasteiger partial charge on any atom is 0.322 e. The summed E-state index contributed by atoms with van der Waals surface area (Å²) in [6.07, 6.45) is 0. The van der Waals surface area contributed by atoms with E-state index in [2.05, 4.69) is 11.9 Å². The van der Waals surface area contributed by atoms with E-state index in [9.17, 15) is 4.79 Å². The quantitative estimate of drug-likeness (QED) is 0.368. The minimum atomic E-state index is -0.938. The Balaban J connectivity index is 3.42. The van der Waals surface area contributed by atoms with Crippen molar-refractivity contribution in [2.75, 3.05) is 26.3 Å². The van der Waals surface area contributed by atoms with E-state index in [1.165, 1.54) is 0 Å². The zero-order valence-electron chi connectivity index (χ0n) is 8.45. The molecule has 1 unspecified atom stereocenters. The van der Waals surface area contributed by atoms with Crippen LogP contribution in [0.2, 0.25) is 0 Å². The van der Waals surface area contributed by atoms with Crippen LogP contribution in [0, 0.1) is 0 Å². The average molecular weight is 202 g/mol. The van der Waals surface area contributed by atoms with E-state index < -0.39 is 12.0 Å². The van der Waals surface area contributed by atoms with Gasteiger partial charge in [0.25, 0.3) is 0 Å². The number of ether oxygens (including phenoxy) is 1. The van der Waals surface area contributed by atoms with Gasteiger partial charge in [0, 0.05) is 13.1 Å². The molecule has 14 heavy (non-hydrogen) atoms. The summed E-state index contributed by atoms with van der Waals surface area (Å²) >= 11 is 0. The van der Waals surface area contributed by atoms with Gasteiger partial charge in [0.1, 0.15) is 6.04 Å². The summed E-state index contributed by atoms with van der Waals surface area (Å²) in [6, 6.07) is -0.691. The van der Waals surface area contributed by atoms with Crippen LogP contribution in [-0.4, -0.2) is 43.4 Å². The molecule has 5 nitrogen and oxygen atoms in total. The molecule has 0 bridgehead atoms. The highest BCUT2D eigenvalue weighted by Gasteiger charge is 2.13. The molecule has 0 rings (SSSR count). The van der Waals surface area contributed by atoms with Gasteiger partial charge in [-0.2, -0.15) is 0 Å². The zero-order valence-corrected chi connectivity index (χ0v) is 8.45. The Kier molecular flexibility index (Phi) is 7.00. The van der Waals surface area contributed by atoms with Crippen molar-refractivity contribution in [3.63, 3.8) is 0 Å². The zero-order chi connectivity index (χ0) is 11.0. The fraction of sp³-hybridized carbons (Fsp3) is 0.667. The van der Waals surface area contributed by atoms with Crippen molar-refractivity contribution < 1.29 is 14.6 Å². The smallest absolute Gasteiger partial charge is 0.322 e. The largest absolute Gasteiger partial charge is 0.480 e. The van der Waals surface area contributed by atoms with E-state index in [0.717, 1.165) is 5.57 Å². The summed E-state index contributed by atoms with van der Waals surface area (Å²) in [5.41, 5.74) is 6.18. The summed E-state index contributed by atoms with van der Waals surface area (Å²) in [5, 5.41) is 11.4. The van der Waals surface area contributed by atoms with Gasteiger partial charge in [-0.3, -0.25) is 4.79 Å². The van der Waals surface area contributed by atoms with Crippen molar-refractivity contribution in [3.05, 3.63) is 12.2 Å². The second-order valence-corrected chi connectivity index (χ2v) is 3.09. The topological polar surface area (TPSA) is 84.6 Å². The molecule has 0 radical (unpaired) electrons. The highest BCUT2D eigenvalue weighted by atomic mass is 16.5. The summed E-state index contributed by atoms with van der Waals surface area (Å²) in [4.78, 5) is 10.5. The Morgan fingerprint density at radius 2 is 2.36 bits per heavy atom. The van der Waals surface area contributed by atoms with Gasteiger partial charge in [-0.15, -0.1) is 0 Å².